The van der Waals surface area contributed by atoms with E-state index in [1.165, 1.54) is 0 Å². The molecular formula is C10H11BrF3NO2. The molecule has 0 unspecified atom stereocenters. The van der Waals surface area contributed by atoms with E-state index in [4.69, 9.17) is 10.5 Å². The Labute approximate surface area is 105 Å². The molecule has 0 atom stereocenters. The molecule has 3 nitrogen and oxygen atoms in total. The molecule has 0 fully saturated rings. The number of halogens is 4. The van der Waals surface area contributed by atoms with Gasteiger partial charge in [-0.3, -0.25) is 0 Å². The van der Waals surface area contributed by atoms with Crippen LogP contribution in [0.2, 0.25) is 0 Å². The first-order chi connectivity index (χ1) is 7.90. The number of nitrogen functional groups attached to an aromatic ring is 1. The molecule has 2 N–H and O–H groups in total. The predicted octanol–water partition coefficient (Wildman–Crippen LogP) is 2.99. The summed E-state index contributed by atoms with van der Waals surface area (Å²) >= 11 is 3.22. The number of hydrogen-bond donors (Lipinski definition) is 1. The maximum Gasteiger partial charge on any atom is 0.411 e. The summed E-state index contributed by atoms with van der Waals surface area (Å²) in [6.45, 7) is -1.43. The Morgan fingerprint density at radius 3 is 2.53 bits per heavy atom. The molecule has 96 valence electrons. The molecule has 1 aromatic rings. The fourth-order valence-electron chi connectivity index (χ4n) is 1.07. The van der Waals surface area contributed by atoms with Crippen LogP contribution in [0.5, 0.6) is 5.75 Å². The number of nitrogens with two attached hydrogens (primary N) is 1. The third-order valence-electron chi connectivity index (χ3n) is 1.74. The highest BCUT2D eigenvalue weighted by Gasteiger charge is 2.27. The van der Waals surface area contributed by atoms with Gasteiger partial charge in [-0.15, -0.1) is 0 Å². The summed E-state index contributed by atoms with van der Waals surface area (Å²) in [6, 6.07) is 5.09. The van der Waals surface area contributed by atoms with E-state index in [-0.39, 0.29) is 13.2 Å². The van der Waals surface area contributed by atoms with E-state index in [1.807, 2.05) is 0 Å². The summed E-state index contributed by atoms with van der Waals surface area (Å²) in [7, 11) is 0. The third kappa shape index (κ3) is 5.27. The van der Waals surface area contributed by atoms with Gasteiger partial charge in [-0.2, -0.15) is 13.2 Å². The molecule has 0 saturated carbocycles. The molecule has 0 saturated heterocycles. The Kier molecular flexibility index (Phi) is 5.07. The Balaban J connectivity index is 2.32. The zero-order valence-electron chi connectivity index (χ0n) is 8.76. The van der Waals surface area contributed by atoms with Crippen molar-refractivity contribution in [1.29, 1.82) is 0 Å². The van der Waals surface area contributed by atoms with Crippen molar-refractivity contribution in [3.05, 3.63) is 22.7 Å². The average Bonchev–Trinajstić information content (AvgIpc) is 2.20. The maximum absolute atomic E-state index is 11.7. The normalized spacial score (nSPS) is 11.5. The summed E-state index contributed by atoms with van der Waals surface area (Å²) in [4.78, 5) is 0. The SMILES string of the molecule is Nc1cccc(Br)c1OCCOCC(F)(F)F. The van der Waals surface area contributed by atoms with Crippen LogP contribution in [-0.2, 0) is 4.74 Å². The molecule has 0 spiro atoms. The molecule has 0 aliphatic rings. The van der Waals surface area contributed by atoms with Gasteiger partial charge in [0.15, 0.2) is 5.75 Å². The highest BCUT2D eigenvalue weighted by Crippen LogP contribution is 2.30. The van der Waals surface area contributed by atoms with Gasteiger partial charge in [0.1, 0.15) is 13.2 Å². The molecule has 1 aromatic carbocycles. The molecule has 17 heavy (non-hydrogen) atoms. The largest absolute Gasteiger partial charge is 0.488 e. The minimum Gasteiger partial charge on any atom is -0.488 e. The van der Waals surface area contributed by atoms with Crippen LogP contribution in [0.3, 0.4) is 0 Å². The van der Waals surface area contributed by atoms with Gasteiger partial charge < -0.3 is 15.2 Å². The summed E-state index contributed by atoms with van der Waals surface area (Å²) in [6.07, 6.45) is -4.31. The van der Waals surface area contributed by atoms with Crippen LogP contribution < -0.4 is 10.5 Å². The number of benzene rings is 1. The van der Waals surface area contributed by atoms with Gasteiger partial charge in [0.05, 0.1) is 16.8 Å². The lowest BCUT2D eigenvalue weighted by Crippen LogP contribution is -2.19. The van der Waals surface area contributed by atoms with Crippen molar-refractivity contribution in [2.24, 2.45) is 0 Å². The van der Waals surface area contributed by atoms with Crippen LogP contribution in [0.15, 0.2) is 22.7 Å². The van der Waals surface area contributed by atoms with Gasteiger partial charge in [0.25, 0.3) is 0 Å². The number of rotatable bonds is 5. The molecular weight excluding hydrogens is 303 g/mol. The lowest BCUT2D eigenvalue weighted by molar-refractivity contribution is -0.175. The molecule has 0 aliphatic heterocycles. The lowest BCUT2D eigenvalue weighted by Gasteiger charge is -2.11. The minimum atomic E-state index is -4.31. The fraction of sp³-hybridized carbons (Fsp3) is 0.400. The number of ether oxygens (including phenoxy) is 2. The van der Waals surface area contributed by atoms with E-state index < -0.39 is 12.8 Å². The van der Waals surface area contributed by atoms with Crippen LogP contribution in [0, 0.1) is 0 Å². The van der Waals surface area contributed by atoms with Crippen molar-refractivity contribution in [2.75, 3.05) is 25.6 Å². The smallest absolute Gasteiger partial charge is 0.411 e. The zero-order chi connectivity index (χ0) is 12.9. The maximum atomic E-state index is 11.7. The van der Waals surface area contributed by atoms with Crippen molar-refractivity contribution in [3.63, 3.8) is 0 Å². The third-order valence-corrected chi connectivity index (χ3v) is 2.36. The fourth-order valence-corrected chi connectivity index (χ4v) is 1.56. The predicted molar refractivity (Wildman–Crippen MR) is 60.9 cm³/mol. The zero-order valence-corrected chi connectivity index (χ0v) is 10.3. The quantitative estimate of drug-likeness (QED) is 0.671. The van der Waals surface area contributed by atoms with Crippen LogP contribution in [0.25, 0.3) is 0 Å². The highest BCUT2D eigenvalue weighted by atomic mass is 79.9. The van der Waals surface area contributed by atoms with Gasteiger partial charge in [-0.05, 0) is 28.1 Å². The van der Waals surface area contributed by atoms with E-state index in [0.717, 1.165) is 0 Å². The summed E-state index contributed by atoms with van der Waals surface area (Å²) in [5.41, 5.74) is 6.04. The van der Waals surface area contributed by atoms with Crippen molar-refractivity contribution in [2.45, 2.75) is 6.18 Å². The Morgan fingerprint density at radius 2 is 1.94 bits per heavy atom. The first-order valence-electron chi connectivity index (χ1n) is 4.71. The molecule has 0 bridgehead atoms. The van der Waals surface area contributed by atoms with Crippen LogP contribution >= 0.6 is 15.9 Å². The standard InChI is InChI=1S/C10H11BrF3NO2/c11-7-2-1-3-8(15)9(7)17-5-4-16-6-10(12,13)14/h1-3H,4-6,15H2. The molecule has 0 amide bonds. The monoisotopic (exact) mass is 313 g/mol. The van der Waals surface area contributed by atoms with Crippen LogP contribution in [0.4, 0.5) is 18.9 Å². The van der Waals surface area contributed by atoms with Crippen molar-refractivity contribution in [1.82, 2.24) is 0 Å². The van der Waals surface area contributed by atoms with Crippen molar-refractivity contribution < 1.29 is 22.6 Å². The van der Waals surface area contributed by atoms with Gasteiger partial charge >= 0.3 is 6.18 Å². The van der Waals surface area contributed by atoms with Gasteiger partial charge in [0.2, 0.25) is 0 Å². The molecule has 0 aliphatic carbocycles. The van der Waals surface area contributed by atoms with E-state index >= 15 is 0 Å². The molecule has 0 aromatic heterocycles. The number of para-hydroxylation sites is 1. The molecule has 1 rings (SSSR count). The lowest BCUT2D eigenvalue weighted by atomic mass is 10.3. The second kappa shape index (κ2) is 6.11. The first kappa shape index (κ1) is 14.1. The first-order valence-corrected chi connectivity index (χ1v) is 5.51. The topological polar surface area (TPSA) is 44.5 Å². The van der Waals surface area contributed by atoms with Crippen molar-refractivity contribution >= 4 is 21.6 Å². The summed E-state index contributed by atoms with van der Waals surface area (Å²) in [5, 5.41) is 0. The van der Waals surface area contributed by atoms with Crippen LogP contribution in [0.1, 0.15) is 0 Å². The van der Waals surface area contributed by atoms with E-state index in [9.17, 15) is 13.2 Å². The van der Waals surface area contributed by atoms with Gasteiger partial charge in [-0.1, -0.05) is 6.07 Å². The number of hydrogen-bond acceptors (Lipinski definition) is 3. The Bertz CT molecular complexity index is 351. The second-order valence-corrected chi connectivity index (χ2v) is 4.03. The molecule has 0 radical (unpaired) electrons. The Morgan fingerprint density at radius 1 is 1.24 bits per heavy atom. The average molecular weight is 314 g/mol. The minimum absolute atomic E-state index is 0.00287. The van der Waals surface area contributed by atoms with E-state index in [0.29, 0.717) is 15.9 Å². The highest BCUT2D eigenvalue weighted by molar-refractivity contribution is 9.10. The van der Waals surface area contributed by atoms with Crippen LogP contribution in [-0.4, -0.2) is 26.0 Å². The van der Waals surface area contributed by atoms with E-state index in [2.05, 4.69) is 20.7 Å². The van der Waals surface area contributed by atoms with Gasteiger partial charge in [-0.25, -0.2) is 0 Å². The molecule has 7 heteroatoms. The van der Waals surface area contributed by atoms with Gasteiger partial charge in [0, 0.05) is 0 Å². The summed E-state index contributed by atoms with van der Waals surface area (Å²) < 4.78 is 45.5. The Hall–Kier alpha value is -0.950. The molecule has 0 heterocycles. The second-order valence-electron chi connectivity index (χ2n) is 3.17. The van der Waals surface area contributed by atoms with Crippen molar-refractivity contribution in [3.8, 4) is 5.75 Å². The summed E-state index contributed by atoms with van der Waals surface area (Å²) in [5.74, 6) is 0.406. The number of anilines is 1. The number of alkyl halides is 3. The van der Waals surface area contributed by atoms with E-state index in [1.54, 1.807) is 18.2 Å².